The number of nitrogens with one attached hydrogen (secondary N) is 1. The highest BCUT2D eigenvalue weighted by Crippen LogP contribution is 2.20. The number of rotatable bonds is 6. The van der Waals surface area contributed by atoms with Gasteiger partial charge in [0.1, 0.15) is 12.7 Å². The maximum atomic E-state index is 12.9. The van der Waals surface area contributed by atoms with Gasteiger partial charge in [-0.3, -0.25) is 4.79 Å². The number of carbonyl (C=O) groups excluding carboxylic acids is 1. The van der Waals surface area contributed by atoms with Gasteiger partial charge in [0.25, 0.3) is 5.95 Å². The Morgan fingerprint density at radius 3 is 2.52 bits per heavy atom. The summed E-state index contributed by atoms with van der Waals surface area (Å²) in [5, 5.41) is 11.7. The van der Waals surface area contributed by atoms with Crippen molar-refractivity contribution in [3.8, 4) is 5.95 Å². The molecule has 4 aromatic rings. The van der Waals surface area contributed by atoms with Crippen LogP contribution in [0.2, 0.25) is 0 Å². The quantitative estimate of drug-likeness (QED) is 0.518. The lowest BCUT2D eigenvalue weighted by molar-refractivity contribution is -0.115. The van der Waals surface area contributed by atoms with E-state index in [-0.39, 0.29) is 12.3 Å². The summed E-state index contributed by atoms with van der Waals surface area (Å²) in [6, 6.07) is 9.59. The van der Waals surface area contributed by atoms with Crippen molar-refractivity contribution in [3.63, 3.8) is 0 Å². The second kappa shape index (κ2) is 8.47. The molecule has 0 radical (unpaired) electrons. The second-order valence-corrected chi connectivity index (χ2v) is 7.49. The summed E-state index contributed by atoms with van der Waals surface area (Å²) >= 11 is 0. The Hall–Kier alpha value is -3.88. The first-order valence-electron chi connectivity index (χ1n) is 9.98. The van der Waals surface area contributed by atoms with Gasteiger partial charge in [-0.15, -0.1) is 0 Å². The van der Waals surface area contributed by atoms with Crippen LogP contribution in [0.4, 0.5) is 5.69 Å². The standard InChI is InChI=1S/C22H24N8O/c1-14-9-15(2)26-22(25-14)30-17(4)19(16(3)28-30)10-21(31)27-20-8-6-5-7-18(20)11-29-13-23-12-24-29/h5-9,12-13H,10-11H2,1-4H3,(H,27,31). The Morgan fingerprint density at radius 1 is 1.06 bits per heavy atom. The molecule has 0 saturated carbocycles. The number of benzene rings is 1. The third kappa shape index (κ3) is 4.50. The summed E-state index contributed by atoms with van der Waals surface area (Å²) in [5.74, 6) is 0.404. The van der Waals surface area contributed by atoms with E-state index >= 15 is 0 Å². The first-order valence-corrected chi connectivity index (χ1v) is 9.98. The van der Waals surface area contributed by atoms with Gasteiger partial charge in [-0.25, -0.2) is 24.3 Å². The number of para-hydroxylation sites is 1. The highest BCUT2D eigenvalue weighted by molar-refractivity contribution is 5.93. The van der Waals surface area contributed by atoms with Gasteiger partial charge in [-0.2, -0.15) is 10.2 Å². The average molecular weight is 416 g/mol. The molecule has 0 aliphatic carbocycles. The van der Waals surface area contributed by atoms with E-state index in [2.05, 4.69) is 30.5 Å². The smallest absolute Gasteiger partial charge is 0.251 e. The predicted octanol–water partition coefficient (Wildman–Crippen LogP) is 2.72. The molecule has 9 heteroatoms. The fourth-order valence-corrected chi connectivity index (χ4v) is 3.55. The highest BCUT2D eigenvalue weighted by Gasteiger charge is 2.18. The van der Waals surface area contributed by atoms with Gasteiger partial charge in [-0.05, 0) is 45.4 Å². The molecule has 31 heavy (non-hydrogen) atoms. The van der Waals surface area contributed by atoms with E-state index in [1.165, 1.54) is 6.33 Å². The van der Waals surface area contributed by atoms with Crippen molar-refractivity contribution in [3.05, 3.63) is 76.9 Å². The number of hydrogen-bond donors (Lipinski definition) is 1. The largest absolute Gasteiger partial charge is 0.325 e. The number of amides is 1. The third-order valence-corrected chi connectivity index (χ3v) is 5.03. The summed E-state index contributed by atoms with van der Waals surface area (Å²) in [6.07, 6.45) is 3.35. The molecular weight excluding hydrogens is 392 g/mol. The first-order chi connectivity index (χ1) is 14.9. The molecule has 1 N–H and O–H groups in total. The summed E-state index contributed by atoms with van der Waals surface area (Å²) in [4.78, 5) is 25.8. The number of hydrogen-bond acceptors (Lipinski definition) is 6. The van der Waals surface area contributed by atoms with E-state index in [1.807, 2.05) is 58.0 Å². The number of nitrogens with zero attached hydrogens (tertiary/aromatic N) is 7. The van der Waals surface area contributed by atoms with E-state index in [4.69, 9.17) is 0 Å². The van der Waals surface area contributed by atoms with Crippen LogP contribution in [0.25, 0.3) is 5.95 Å². The minimum absolute atomic E-state index is 0.113. The number of anilines is 1. The van der Waals surface area contributed by atoms with Crippen molar-refractivity contribution < 1.29 is 4.79 Å². The normalized spacial score (nSPS) is 11.0. The zero-order chi connectivity index (χ0) is 22.0. The molecule has 0 spiro atoms. The topological polar surface area (TPSA) is 103 Å². The lowest BCUT2D eigenvalue weighted by Gasteiger charge is -2.11. The van der Waals surface area contributed by atoms with Gasteiger partial charge in [0.2, 0.25) is 5.91 Å². The zero-order valence-corrected chi connectivity index (χ0v) is 18.0. The molecule has 0 unspecified atom stereocenters. The minimum atomic E-state index is -0.113. The molecule has 0 bridgehead atoms. The monoisotopic (exact) mass is 416 g/mol. The van der Waals surface area contributed by atoms with Crippen molar-refractivity contribution in [1.29, 1.82) is 0 Å². The molecule has 1 amide bonds. The fourth-order valence-electron chi connectivity index (χ4n) is 3.55. The molecule has 158 valence electrons. The summed E-state index contributed by atoms with van der Waals surface area (Å²) in [5.41, 5.74) is 5.96. The highest BCUT2D eigenvalue weighted by atomic mass is 16.1. The number of carbonyl (C=O) groups is 1. The van der Waals surface area contributed by atoms with E-state index in [0.29, 0.717) is 12.5 Å². The number of aromatic nitrogens is 7. The molecule has 3 heterocycles. The van der Waals surface area contributed by atoms with Crippen LogP contribution in [-0.4, -0.2) is 40.4 Å². The fraction of sp³-hybridized carbons (Fsp3) is 0.273. The summed E-state index contributed by atoms with van der Waals surface area (Å²) in [7, 11) is 0. The first kappa shape index (κ1) is 20.4. The van der Waals surface area contributed by atoms with Crippen molar-refractivity contribution in [2.24, 2.45) is 0 Å². The predicted molar refractivity (Wildman–Crippen MR) is 116 cm³/mol. The molecule has 9 nitrogen and oxygen atoms in total. The van der Waals surface area contributed by atoms with Gasteiger partial charge in [-0.1, -0.05) is 18.2 Å². The lowest BCUT2D eigenvalue weighted by Crippen LogP contribution is -2.17. The molecule has 0 aliphatic heterocycles. The van der Waals surface area contributed by atoms with Crippen LogP contribution < -0.4 is 5.32 Å². The van der Waals surface area contributed by atoms with E-state index < -0.39 is 0 Å². The Labute approximate surface area is 180 Å². The van der Waals surface area contributed by atoms with Crippen molar-refractivity contribution in [2.75, 3.05) is 5.32 Å². The molecule has 0 saturated heterocycles. The van der Waals surface area contributed by atoms with Crippen LogP contribution in [0.15, 0.2) is 43.0 Å². The van der Waals surface area contributed by atoms with Gasteiger partial charge < -0.3 is 5.32 Å². The van der Waals surface area contributed by atoms with Crippen LogP contribution in [-0.2, 0) is 17.8 Å². The van der Waals surface area contributed by atoms with Crippen LogP contribution in [0.3, 0.4) is 0 Å². The van der Waals surface area contributed by atoms with Crippen molar-refractivity contribution >= 4 is 11.6 Å². The molecule has 1 aromatic carbocycles. The zero-order valence-electron chi connectivity index (χ0n) is 18.0. The van der Waals surface area contributed by atoms with Crippen molar-refractivity contribution in [1.82, 2.24) is 34.5 Å². The third-order valence-electron chi connectivity index (χ3n) is 5.03. The van der Waals surface area contributed by atoms with Crippen LogP contribution in [0.5, 0.6) is 0 Å². The van der Waals surface area contributed by atoms with Crippen LogP contribution in [0, 0.1) is 27.7 Å². The summed E-state index contributed by atoms with van der Waals surface area (Å²) < 4.78 is 3.42. The lowest BCUT2D eigenvalue weighted by atomic mass is 10.1. The van der Waals surface area contributed by atoms with E-state index in [0.717, 1.165) is 39.6 Å². The molecule has 3 aromatic heterocycles. The molecule has 4 rings (SSSR count). The minimum Gasteiger partial charge on any atom is -0.325 e. The molecule has 0 aliphatic rings. The Morgan fingerprint density at radius 2 is 1.81 bits per heavy atom. The molecular formula is C22H24N8O. The SMILES string of the molecule is Cc1cc(C)nc(-n2nc(C)c(CC(=O)Nc3ccccc3Cn3cncn3)c2C)n1. The second-order valence-electron chi connectivity index (χ2n) is 7.49. The Bertz CT molecular complexity index is 1210. The number of aryl methyl sites for hydroxylation is 3. The van der Waals surface area contributed by atoms with Crippen molar-refractivity contribution in [2.45, 2.75) is 40.7 Å². The van der Waals surface area contributed by atoms with E-state index in [1.54, 1.807) is 15.7 Å². The van der Waals surface area contributed by atoms with E-state index in [9.17, 15) is 4.79 Å². The Kier molecular flexibility index (Phi) is 5.57. The van der Waals surface area contributed by atoms with Gasteiger partial charge in [0.15, 0.2) is 0 Å². The maximum absolute atomic E-state index is 12.9. The van der Waals surface area contributed by atoms with Crippen LogP contribution in [0.1, 0.15) is 33.9 Å². The Balaban J connectivity index is 1.54. The molecule has 0 atom stereocenters. The molecule has 0 fully saturated rings. The van der Waals surface area contributed by atoms with Crippen LogP contribution >= 0.6 is 0 Å². The van der Waals surface area contributed by atoms with Gasteiger partial charge in [0.05, 0.1) is 18.7 Å². The maximum Gasteiger partial charge on any atom is 0.251 e. The summed E-state index contributed by atoms with van der Waals surface area (Å²) in [6.45, 7) is 8.20. The average Bonchev–Trinajstić information content (AvgIpc) is 3.32. The van der Waals surface area contributed by atoms with Gasteiger partial charge in [0, 0.05) is 28.3 Å². The van der Waals surface area contributed by atoms with Gasteiger partial charge >= 0.3 is 0 Å².